The summed E-state index contributed by atoms with van der Waals surface area (Å²) in [6, 6.07) is -0.654. The first-order chi connectivity index (χ1) is 6.24. The Balaban J connectivity index is 1.78. The predicted molar refractivity (Wildman–Crippen MR) is 39.6 cm³/mol. The van der Waals surface area contributed by atoms with E-state index in [2.05, 4.69) is 9.47 Å². The monoisotopic (exact) mass is 186 g/mol. The largest absolute Gasteiger partial charge is 0.508 e. The molecule has 70 valence electrons. The van der Waals surface area contributed by atoms with Crippen LogP contribution in [0.1, 0.15) is 0 Å². The maximum Gasteiger partial charge on any atom is 0.508 e. The number of carbonyl (C=O) groups excluding carboxylic acids is 2. The number of hydrogen-bond donors (Lipinski definition) is 0. The highest BCUT2D eigenvalue weighted by molar-refractivity contribution is 6.40. The van der Waals surface area contributed by atoms with Gasteiger partial charge in [0.2, 0.25) is 7.28 Å². The first-order valence-corrected chi connectivity index (χ1v) is 3.91. The molecule has 0 aliphatic carbocycles. The zero-order valence-corrected chi connectivity index (χ0v) is 6.73. The molecule has 0 spiro atoms. The third kappa shape index (κ3) is 1.85. The fraction of sp³-hybridized carbons (Fsp3) is 0.667. The number of carbonyl (C=O) groups is 2. The maximum atomic E-state index is 10.5. The van der Waals surface area contributed by atoms with E-state index in [4.69, 9.17) is 9.47 Å². The summed E-state index contributed by atoms with van der Waals surface area (Å²) >= 11 is 0. The molecule has 0 N–H and O–H groups in total. The molecule has 0 bridgehead atoms. The van der Waals surface area contributed by atoms with Crippen molar-refractivity contribution in [1.29, 1.82) is 0 Å². The van der Waals surface area contributed by atoms with Gasteiger partial charge < -0.3 is 18.9 Å². The Morgan fingerprint density at radius 2 is 1.46 bits per heavy atom. The number of cyclic esters (lactones) is 4. The van der Waals surface area contributed by atoms with Crippen molar-refractivity contribution < 1.29 is 28.5 Å². The summed E-state index contributed by atoms with van der Waals surface area (Å²) in [7, 11) is 0.428. The second-order valence-electron chi connectivity index (χ2n) is 2.84. The van der Waals surface area contributed by atoms with Crippen molar-refractivity contribution in [3.8, 4) is 0 Å². The smallest absolute Gasteiger partial charge is 0.437 e. The summed E-state index contributed by atoms with van der Waals surface area (Å²) in [6.45, 7) is 0.430. The molecule has 0 aromatic rings. The molecule has 7 heteroatoms. The minimum Gasteiger partial charge on any atom is -0.437 e. The summed E-state index contributed by atoms with van der Waals surface area (Å²) in [5.74, 6) is 0. The molecule has 2 aliphatic heterocycles. The van der Waals surface area contributed by atoms with Crippen molar-refractivity contribution in [3.63, 3.8) is 0 Å². The van der Waals surface area contributed by atoms with E-state index in [1.807, 2.05) is 0 Å². The lowest BCUT2D eigenvalue weighted by atomic mass is 9.66. The standard InChI is InChI=1S/C6H7BO6/c8-5-10-1-3(12-5)7-4-2-11-6(9)13-4/h3-4,7H,1-2H2. The summed E-state index contributed by atoms with van der Waals surface area (Å²) in [5, 5.41) is 0. The van der Waals surface area contributed by atoms with E-state index in [0.717, 1.165) is 0 Å². The summed E-state index contributed by atoms with van der Waals surface area (Å²) in [5.41, 5.74) is 0. The van der Waals surface area contributed by atoms with Crippen molar-refractivity contribution in [2.24, 2.45) is 0 Å². The third-order valence-corrected chi connectivity index (χ3v) is 1.83. The molecule has 0 amide bonds. The Morgan fingerprint density at radius 3 is 1.77 bits per heavy atom. The Bertz CT molecular complexity index is 217. The van der Waals surface area contributed by atoms with Gasteiger partial charge in [-0.25, -0.2) is 9.59 Å². The molecule has 2 rings (SSSR count). The van der Waals surface area contributed by atoms with Crippen LogP contribution in [0.3, 0.4) is 0 Å². The molecule has 0 aromatic heterocycles. The van der Waals surface area contributed by atoms with E-state index in [1.54, 1.807) is 0 Å². The molecule has 6 nitrogen and oxygen atoms in total. The molecule has 2 heterocycles. The maximum absolute atomic E-state index is 10.5. The van der Waals surface area contributed by atoms with Gasteiger partial charge in [0.15, 0.2) is 0 Å². The van der Waals surface area contributed by atoms with Gasteiger partial charge in [0.25, 0.3) is 0 Å². The van der Waals surface area contributed by atoms with Gasteiger partial charge in [-0.2, -0.15) is 0 Å². The van der Waals surface area contributed by atoms with Gasteiger partial charge in [0.1, 0.15) is 25.2 Å². The van der Waals surface area contributed by atoms with Gasteiger partial charge in [-0.15, -0.1) is 0 Å². The van der Waals surface area contributed by atoms with E-state index in [0.29, 0.717) is 7.28 Å². The van der Waals surface area contributed by atoms with Crippen LogP contribution in [0.5, 0.6) is 0 Å². The molecule has 2 aliphatic rings. The molecular weight excluding hydrogens is 179 g/mol. The summed E-state index contributed by atoms with van der Waals surface area (Å²) < 4.78 is 18.6. The number of ether oxygens (including phenoxy) is 4. The van der Waals surface area contributed by atoms with Crippen LogP contribution >= 0.6 is 0 Å². The van der Waals surface area contributed by atoms with Gasteiger partial charge in [-0.05, 0) is 0 Å². The summed E-state index contributed by atoms with van der Waals surface area (Å²) in [4.78, 5) is 21.0. The first-order valence-electron chi connectivity index (χ1n) is 3.91. The Kier molecular flexibility index (Phi) is 1.99. The average Bonchev–Trinajstić information content (AvgIpc) is 2.62. The molecule has 0 aromatic carbocycles. The SMILES string of the molecule is O=C1OCC(BC2COC(=O)O2)O1. The second-order valence-corrected chi connectivity index (χ2v) is 2.84. The molecule has 0 radical (unpaired) electrons. The van der Waals surface area contributed by atoms with Crippen LogP contribution in [0, 0.1) is 0 Å². The molecule has 2 fully saturated rings. The predicted octanol–water partition coefficient (Wildman–Crippen LogP) is -0.591. The number of rotatable bonds is 2. The Morgan fingerprint density at radius 1 is 1.00 bits per heavy atom. The van der Waals surface area contributed by atoms with Crippen molar-refractivity contribution in [1.82, 2.24) is 0 Å². The van der Waals surface area contributed by atoms with E-state index in [9.17, 15) is 9.59 Å². The van der Waals surface area contributed by atoms with E-state index >= 15 is 0 Å². The number of hydrogen-bond acceptors (Lipinski definition) is 6. The minimum absolute atomic E-state index is 0.215. The van der Waals surface area contributed by atoms with Crippen LogP contribution in [-0.4, -0.2) is 44.8 Å². The van der Waals surface area contributed by atoms with Crippen molar-refractivity contribution in [3.05, 3.63) is 0 Å². The van der Waals surface area contributed by atoms with Crippen LogP contribution in [0.15, 0.2) is 0 Å². The zero-order valence-electron chi connectivity index (χ0n) is 6.73. The van der Waals surface area contributed by atoms with Crippen LogP contribution in [0.2, 0.25) is 0 Å². The van der Waals surface area contributed by atoms with Gasteiger partial charge in [0.05, 0.1) is 0 Å². The molecule has 2 saturated heterocycles. The Labute approximate surface area is 74.3 Å². The van der Waals surface area contributed by atoms with Crippen LogP contribution in [-0.2, 0) is 18.9 Å². The molecule has 0 saturated carbocycles. The van der Waals surface area contributed by atoms with Crippen LogP contribution in [0.4, 0.5) is 9.59 Å². The quantitative estimate of drug-likeness (QED) is 0.423. The van der Waals surface area contributed by atoms with Crippen molar-refractivity contribution >= 4 is 19.6 Å². The lowest BCUT2D eigenvalue weighted by Crippen LogP contribution is -2.32. The fourth-order valence-electron chi connectivity index (χ4n) is 1.26. The molecular formula is C6H7BO6. The summed E-state index contributed by atoms with van der Waals surface area (Å²) in [6.07, 6.45) is -1.34. The van der Waals surface area contributed by atoms with E-state index < -0.39 is 12.3 Å². The zero-order chi connectivity index (χ0) is 9.26. The van der Waals surface area contributed by atoms with E-state index in [1.165, 1.54) is 0 Å². The minimum atomic E-state index is -0.671. The molecule has 2 unspecified atom stereocenters. The highest BCUT2D eigenvalue weighted by atomic mass is 16.8. The first kappa shape index (κ1) is 8.21. The van der Waals surface area contributed by atoms with Crippen molar-refractivity contribution in [2.45, 2.75) is 12.0 Å². The van der Waals surface area contributed by atoms with Crippen LogP contribution < -0.4 is 0 Å². The highest BCUT2D eigenvalue weighted by Gasteiger charge is 2.34. The van der Waals surface area contributed by atoms with Crippen molar-refractivity contribution in [2.75, 3.05) is 13.2 Å². The van der Waals surface area contributed by atoms with Gasteiger partial charge in [0, 0.05) is 0 Å². The van der Waals surface area contributed by atoms with E-state index in [-0.39, 0.29) is 25.2 Å². The topological polar surface area (TPSA) is 71.1 Å². The Hall–Kier alpha value is -1.40. The average molecular weight is 186 g/mol. The molecule has 2 atom stereocenters. The third-order valence-electron chi connectivity index (χ3n) is 1.83. The lowest BCUT2D eigenvalue weighted by molar-refractivity contribution is 0.125. The molecule has 13 heavy (non-hydrogen) atoms. The van der Waals surface area contributed by atoms with Gasteiger partial charge >= 0.3 is 12.3 Å². The van der Waals surface area contributed by atoms with Crippen LogP contribution in [0.25, 0.3) is 0 Å². The second kappa shape index (κ2) is 3.16. The lowest BCUT2D eigenvalue weighted by Gasteiger charge is -2.06. The van der Waals surface area contributed by atoms with Gasteiger partial charge in [-0.3, -0.25) is 0 Å². The van der Waals surface area contributed by atoms with Gasteiger partial charge in [-0.1, -0.05) is 0 Å². The fourth-order valence-corrected chi connectivity index (χ4v) is 1.26. The highest BCUT2D eigenvalue weighted by Crippen LogP contribution is 2.11. The normalized spacial score (nSPS) is 31.7.